The normalized spacial score (nSPS) is 15.4. The molecule has 0 saturated heterocycles. The minimum atomic E-state index is -5.21. The molecule has 0 bridgehead atoms. The predicted octanol–water partition coefficient (Wildman–Crippen LogP) is 17.6. The molecule has 1 aliphatic heterocycles. The van der Waals surface area contributed by atoms with E-state index in [4.69, 9.17) is 9.47 Å². The van der Waals surface area contributed by atoms with Gasteiger partial charge < -0.3 is 14.0 Å². The summed E-state index contributed by atoms with van der Waals surface area (Å²) in [5.41, 5.74) is -7.29. The lowest BCUT2D eigenvalue weighted by Gasteiger charge is -2.49. The number of rotatable bonds is 12. The van der Waals surface area contributed by atoms with Crippen LogP contribution in [0.1, 0.15) is 152 Å². The van der Waals surface area contributed by atoms with Crippen LogP contribution in [0.25, 0.3) is 33.4 Å². The van der Waals surface area contributed by atoms with Crippen molar-refractivity contribution in [1.82, 2.24) is 0 Å². The summed E-state index contributed by atoms with van der Waals surface area (Å²) in [7, 11) is 4.47. The maximum absolute atomic E-state index is 14.8. The largest absolute Gasteiger partial charge is 0.496 e. The molecule has 0 aliphatic carbocycles. The molecule has 4 aromatic carbocycles. The summed E-state index contributed by atoms with van der Waals surface area (Å²) < 4.78 is 189. The standard InChI is InChI=1S/C53H64F12NO2/c1-14-16-18-49(10,19-17-15-2)30(3)66(11)28-39-37(26-41(47(4,5)6)45(67-12)43(39)31-20-33(50(54,55)56)24-34(21-31)51(57,58)59)38-27-42(48(7,8)9)46(68-13)44(40(38)29-66)32-22-35(52(60,61)62)25-36(23-32)53(63,64)65/h20-27,30H,14-19,28-29H2,1-13H3/q+1/t30-/m0/s1. The van der Waals surface area contributed by atoms with Crippen LogP contribution in [0.5, 0.6) is 11.5 Å². The Hall–Kier alpha value is -4.40. The molecule has 0 radical (unpaired) electrons. The summed E-state index contributed by atoms with van der Waals surface area (Å²) in [6.07, 6.45) is -16.1. The average molecular weight is 975 g/mol. The number of fused-ring (bicyclic) bond motifs is 3. The van der Waals surface area contributed by atoms with E-state index in [9.17, 15) is 52.7 Å². The highest BCUT2D eigenvalue weighted by atomic mass is 19.4. The summed E-state index contributed by atoms with van der Waals surface area (Å²) >= 11 is 0. The zero-order valence-corrected chi connectivity index (χ0v) is 41.2. The average Bonchev–Trinajstić information content (AvgIpc) is 3.34. The second-order valence-electron chi connectivity index (χ2n) is 21.1. The van der Waals surface area contributed by atoms with Crippen LogP contribution in [0.3, 0.4) is 0 Å². The molecule has 0 unspecified atom stereocenters. The third kappa shape index (κ3) is 11.0. The molecule has 1 atom stereocenters. The fraction of sp³-hybridized carbons (Fsp3) is 0.547. The van der Waals surface area contributed by atoms with Gasteiger partial charge in [-0.25, -0.2) is 0 Å². The molecule has 376 valence electrons. The number of methoxy groups -OCH3 is 2. The minimum absolute atomic E-state index is 0.0177. The first kappa shape index (κ1) is 54.5. The van der Waals surface area contributed by atoms with Crippen LogP contribution in [-0.2, 0) is 48.6 Å². The lowest BCUT2D eigenvalue weighted by molar-refractivity contribution is -0.963. The number of halogens is 12. The molecule has 0 amide bonds. The van der Waals surface area contributed by atoms with E-state index in [2.05, 4.69) is 6.92 Å². The third-order valence-corrected chi connectivity index (χ3v) is 14.0. The summed E-state index contributed by atoms with van der Waals surface area (Å²) in [6.45, 7) is 18.9. The van der Waals surface area contributed by atoms with Crippen LogP contribution in [-0.4, -0.2) is 31.8 Å². The van der Waals surface area contributed by atoms with Crippen LogP contribution in [0, 0.1) is 5.41 Å². The predicted molar refractivity (Wildman–Crippen MR) is 243 cm³/mol. The SMILES string of the molecule is CCCCC(C)(CCCC)[C@H](C)[N+]1(C)Cc2c(cc(C(C)(C)C)c(OC)c2-c2cc(C(F)(F)F)cc(C(F)(F)F)c2)-c2cc(C(C)(C)C)c(OC)c(-c3cc(C(F)(F)F)cc(C(F)(F)F)c3)c2C1. The molecule has 0 spiro atoms. The quantitative estimate of drug-likeness (QED) is 0.104. The Morgan fingerprint density at radius 3 is 1.03 bits per heavy atom. The molecule has 15 heteroatoms. The van der Waals surface area contributed by atoms with Gasteiger partial charge in [0.1, 0.15) is 24.6 Å². The van der Waals surface area contributed by atoms with Crippen LogP contribution < -0.4 is 9.47 Å². The fourth-order valence-electron chi connectivity index (χ4n) is 10.1. The van der Waals surface area contributed by atoms with Crippen LogP contribution in [0.4, 0.5) is 52.7 Å². The number of hydrogen-bond acceptors (Lipinski definition) is 2. The number of alkyl halides is 12. The van der Waals surface area contributed by atoms with E-state index in [1.807, 2.05) is 27.8 Å². The highest BCUT2D eigenvalue weighted by molar-refractivity contribution is 5.91. The van der Waals surface area contributed by atoms with Crippen LogP contribution in [0.15, 0.2) is 48.5 Å². The second-order valence-corrected chi connectivity index (χ2v) is 21.1. The van der Waals surface area contributed by atoms with Crippen LogP contribution >= 0.6 is 0 Å². The summed E-state index contributed by atoms with van der Waals surface area (Å²) in [4.78, 5) is 0. The molecule has 0 aromatic heterocycles. The van der Waals surface area contributed by atoms with Gasteiger partial charge in [0, 0.05) is 38.8 Å². The van der Waals surface area contributed by atoms with E-state index in [-0.39, 0.29) is 58.4 Å². The Morgan fingerprint density at radius 1 is 0.500 bits per heavy atom. The summed E-state index contributed by atoms with van der Waals surface area (Å²) in [6, 6.07) is 5.97. The zero-order chi connectivity index (χ0) is 51.5. The molecule has 0 fully saturated rings. The molecular weight excluding hydrogens is 911 g/mol. The monoisotopic (exact) mass is 974 g/mol. The van der Waals surface area contributed by atoms with E-state index >= 15 is 0 Å². The summed E-state index contributed by atoms with van der Waals surface area (Å²) in [5.74, 6) is 0.0621. The smallest absolute Gasteiger partial charge is 0.416 e. The number of hydrogen-bond donors (Lipinski definition) is 0. The van der Waals surface area contributed by atoms with Crippen molar-refractivity contribution in [3.05, 3.63) is 93.0 Å². The van der Waals surface area contributed by atoms with E-state index in [0.29, 0.717) is 57.6 Å². The van der Waals surface area contributed by atoms with E-state index < -0.39 is 74.3 Å². The van der Waals surface area contributed by atoms with Crippen molar-refractivity contribution in [2.45, 2.75) is 162 Å². The van der Waals surface area contributed by atoms with Crippen molar-refractivity contribution in [2.24, 2.45) is 5.41 Å². The van der Waals surface area contributed by atoms with Crippen molar-refractivity contribution in [1.29, 1.82) is 0 Å². The number of benzene rings is 4. The highest BCUT2D eigenvalue weighted by Gasteiger charge is 2.48. The molecule has 4 aromatic rings. The lowest BCUT2D eigenvalue weighted by Crippen LogP contribution is -2.56. The highest BCUT2D eigenvalue weighted by Crippen LogP contribution is 2.56. The minimum Gasteiger partial charge on any atom is -0.496 e. The Kier molecular flexibility index (Phi) is 15.0. The van der Waals surface area contributed by atoms with E-state index in [1.165, 1.54) is 14.2 Å². The Labute approximate surface area is 392 Å². The van der Waals surface area contributed by atoms with Crippen molar-refractivity contribution < 1.29 is 66.6 Å². The molecular formula is C53H64F12NO2+. The lowest BCUT2D eigenvalue weighted by atomic mass is 9.73. The van der Waals surface area contributed by atoms with Gasteiger partial charge >= 0.3 is 24.7 Å². The first-order valence-electron chi connectivity index (χ1n) is 22.9. The van der Waals surface area contributed by atoms with E-state index in [1.54, 1.807) is 53.7 Å². The van der Waals surface area contributed by atoms with Gasteiger partial charge in [0.2, 0.25) is 0 Å². The van der Waals surface area contributed by atoms with Crippen molar-refractivity contribution in [3.8, 4) is 44.9 Å². The van der Waals surface area contributed by atoms with Gasteiger partial charge in [-0.3, -0.25) is 0 Å². The number of quaternary nitrogens is 1. The number of unbranched alkanes of at least 4 members (excludes halogenated alkanes) is 2. The van der Waals surface area contributed by atoms with Gasteiger partial charge in [0.05, 0.1) is 49.6 Å². The van der Waals surface area contributed by atoms with E-state index in [0.717, 1.165) is 38.5 Å². The molecule has 1 heterocycles. The molecule has 68 heavy (non-hydrogen) atoms. The van der Waals surface area contributed by atoms with Crippen molar-refractivity contribution >= 4 is 0 Å². The molecule has 1 aliphatic rings. The molecule has 0 saturated carbocycles. The topological polar surface area (TPSA) is 18.5 Å². The number of ether oxygens (including phenoxy) is 2. The number of nitrogens with zero attached hydrogens (tertiary/aromatic N) is 1. The maximum Gasteiger partial charge on any atom is 0.416 e. The van der Waals surface area contributed by atoms with Crippen molar-refractivity contribution in [3.63, 3.8) is 0 Å². The molecule has 3 nitrogen and oxygen atoms in total. The van der Waals surface area contributed by atoms with Crippen molar-refractivity contribution in [2.75, 3.05) is 21.3 Å². The molecule has 0 N–H and O–H groups in total. The zero-order valence-electron chi connectivity index (χ0n) is 41.2. The Morgan fingerprint density at radius 2 is 0.794 bits per heavy atom. The van der Waals surface area contributed by atoms with Gasteiger partial charge in [-0.1, -0.05) is 88.0 Å². The van der Waals surface area contributed by atoms with Gasteiger partial charge in [-0.2, -0.15) is 52.7 Å². The van der Waals surface area contributed by atoms with Gasteiger partial charge in [0.25, 0.3) is 0 Å². The first-order valence-corrected chi connectivity index (χ1v) is 22.9. The Balaban J connectivity index is 2.19. The summed E-state index contributed by atoms with van der Waals surface area (Å²) in [5, 5.41) is 0. The second kappa shape index (κ2) is 18.7. The van der Waals surface area contributed by atoms with Crippen LogP contribution in [0.2, 0.25) is 0 Å². The third-order valence-electron chi connectivity index (χ3n) is 14.0. The first-order chi connectivity index (χ1) is 31.0. The maximum atomic E-state index is 14.8. The molecule has 5 rings (SSSR count). The van der Waals surface area contributed by atoms with Gasteiger partial charge in [-0.15, -0.1) is 0 Å². The van der Waals surface area contributed by atoms with Gasteiger partial charge in [0.15, 0.2) is 0 Å². The fourth-order valence-corrected chi connectivity index (χ4v) is 10.1. The Bertz CT molecular complexity index is 2250. The van der Waals surface area contributed by atoms with Gasteiger partial charge in [-0.05, 0) is 101 Å².